The molecule has 0 aromatic rings. The van der Waals surface area contributed by atoms with E-state index in [4.69, 9.17) is 0 Å². The lowest BCUT2D eigenvalue weighted by atomic mass is 10.1. The van der Waals surface area contributed by atoms with E-state index >= 15 is 0 Å². The molecule has 90 valence electrons. The van der Waals surface area contributed by atoms with Gasteiger partial charge in [-0.15, -0.1) is 0 Å². The standard InChI is InChI=1S/C12H26N2O/c1-10(2)6-8-14(5)9-7-13-12(15)11(3)4/h10-11H,6-9H2,1-5H3,(H,13,15). The first-order valence-corrected chi connectivity index (χ1v) is 5.89. The molecule has 0 aromatic carbocycles. The predicted octanol–water partition coefficient (Wildman–Crippen LogP) is 1.74. The third-order valence-electron chi connectivity index (χ3n) is 2.41. The summed E-state index contributed by atoms with van der Waals surface area (Å²) in [4.78, 5) is 13.5. The number of amides is 1. The van der Waals surface area contributed by atoms with Crippen LogP contribution in [0, 0.1) is 11.8 Å². The van der Waals surface area contributed by atoms with Crippen LogP contribution in [-0.2, 0) is 4.79 Å². The van der Waals surface area contributed by atoms with Gasteiger partial charge in [-0.05, 0) is 25.9 Å². The van der Waals surface area contributed by atoms with Crippen molar-refractivity contribution in [1.82, 2.24) is 10.2 Å². The molecule has 0 saturated heterocycles. The van der Waals surface area contributed by atoms with E-state index in [2.05, 4.69) is 31.1 Å². The first-order chi connectivity index (χ1) is 6.93. The Morgan fingerprint density at radius 3 is 2.27 bits per heavy atom. The molecular weight excluding hydrogens is 188 g/mol. The maximum Gasteiger partial charge on any atom is 0.222 e. The minimum atomic E-state index is 0.0889. The largest absolute Gasteiger partial charge is 0.355 e. The summed E-state index contributed by atoms with van der Waals surface area (Å²) in [5.74, 6) is 0.982. The van der Waals surface area contributed by atoms with E-state index in [1.165, 1.54) is 6.42 Å². The van der Waals surface area contributed by atoms with E-state index in [0.29, 0.717) is 0 Å². The average Bonchev–Trinajstić information content (AvgIpc) is 2.14. The lowest BCUT2D eigenvalue weighted by Gasteiger charge is -2.18. The zero-order valence-corrected chi connectivity index (χ0v) is 10.8. The van der Waals surface area contributed by atoms with E-state index in [1.807, 2.05) is 13.8 Å². The molecule has 15 heavy (non-hydrogen) atoms. The van der Waals surface area contributed by atoms with Crippen LogP contribution in [0.3, 0.4) is 0 Å². The van der Waals surface area contributed by atoms with Crippen molar-refractivity contribution in [3.63, 3.8) is 0 Å². The van der Waals surface area contributed by atoms with Crippen LogP contribution in [0.2, 0.25) is 0 Å². The minimum Gasteiger partial charge on any atom is -0.355 e. The number of hydrogen-bond acceptors (Lipinski definition) is 2. The van der Waals surface area contributed by atoms with E-state index in [0.717, 1.165) is 25.6 Å². The van der Waals surface area contributed by atoms with Crippen molar-refractivity contribution >= 4 is 5.91 Å². The molecule has 1 amide bonds. The highest BCUT2D eigenvalue weighted by Gasteiger charge is 2.06. The first kappa shape index (κ1) is 14.4. The van der Waals surface area contributed by atoms with Gasteiger partial charge in [-0.25, -0.2) is 0 Å². The van der Waals surface area contributed by atoms with Gasteiger partial charge in [0.2, 0.25) is 5.91 Å². The molecule has 0 atom stereocenters. The number of nitrogens with zero attached hydrogens (tertiary/aromatic N) is 1. The van der Waals surface area contributed by atoms with Crippen molar-refractivity contribution in [2.75, 3.05) is 26.7 Å². The fourth-order valence-corrected chi connectivity index (χ4v) is 1.16. The average molecular weight is 214 g/mol. The highest BCUT2D eigenvalue weighted by atomic mass is 16.1. The molecule has 0 saturated carbocycles. The number of likely N-dealkylation sites (N-methyl/N-ethyl adjacent to an activating group) is 1. The summed E-state index contributed by atoms with van der Waals surface area (Å²) in [5, 5.41) is 2.92. The Morgan fingerprint density at radius 2 is 1.80 bits per heavy atom. The van der Waals surface area contributed by atoms with Gasteiger partial charge in [-0.1, -0.05) is 27.7 Å². The Kier molecular flexibility index (Phi) is 7.39. The van der Waals surface area contributed by atoms with Gasteiger partial charge in [-0.2, -0.15) is 0 Å². The lowest BCUT2D eigenvalue weighted by Crippen LogP contribution is -2.35. The molecule has 0 unspecified atom stereocenters. The molecule has 0 rings (SSSR count). The van der Waals surface area contributed by atoms with Crippen LogP contribution in [0.25, 0.3) is 0 Å². The maximum absolute atomic E-state index is 11.3. The molecule has 0 bridgehead atoms. The zero-order chi connectivity index (χ0) is 11.8. The number of carbonyl (C=O) groups is 1. The fourth-order valence-electron chi connectivity index (χ4n) is 1.16. The van der Waals surface area contributed by atoms with Crippen molar-refractivity contribution in [3.05, 3.63) is 0 Å². The Hall–Kier alpha value is -0.570. The van der Waals surface area contributed by atoms with Crippen LogP contribution in [0.5, 0.6) is 0 Å². The maximum atomic E-state index is 11.3. The third kappa shape index (κ3) is 8.43. The highest BCUT2D eigenvalue weighted by Crippen LogP contribution is 1.99. The number of rotatable bonds is 7. The van der Waals surface area contributed by atoms with Crippen molar-refractivity contribution in [3.8, 4) is 0 Å². The van der Waals surface area contributed by atoms with Gasteiger partial charge in [0.25, 0.3) is 0 Å². The van der Waals surface area contributed by atoms with E-state index in [9.17, 15) is 4.79 Å². The molecule has 0 fully saturated rings. The zero-order valence-electron chi connectivity index (χ0n) is 10.8. The SMILES string of the molecule is CC(C)CCN(C)CCNC(=O)C(C)C. The number of hydrogen-bond donors (Lipinski definition) is 1. The second kappa shape index (κ2) is 7.69. The van der Waals surface area contributed by atoms with Crippen molar-refractivity contribution in [1.29, 1.82) is 0 Å². The van der Waals surface area contributed by atoms with Crippen LogP contribution >= 0.6 is 0 Å². The normalized spacial score (nSPS) is 11.5. The summed E-state index contributed by atoms with van der Waals surface area (Å²) in [7, 11) is 2.10. The van der Waals surface area contributed by atoms with Gasteiger partial charge in [0, 0.05) is 19.0 Å². The molecule has 3 heteroatoms. The Balaban J connectivity index is 3.46. The Bertz CT molecular complexity index is 178. The van der Waals surface area contributed by atoms with Gasteiger partial charge in [-0.3, -0.25) is 4.79 Å². The molecule has 0 heterocycles. The van der Waals surface area contributed by atoms with Crippen LogP contribution in [-0.4, -0.2) is 37.5 Å². The second-order valence-electron chi connectivity index (χ2n) is 4.93. The summed E-state index contributed by atoms with van der Waals surface area (Å²) >= 11 is 0. The summed E-state index contributed by atoms with van der Waals surface area (Å²) in [6.07, 6.45) is 1.22. The molecule has 0 aromatic heterocycles. The fraction of sp³-hybridized carbons (Fsp3) is 0.917. The second-order valence-corrected chi connectivity index (χ2v) is 4.93. The topological polar surface area (TPSA) is 32.3 Å². The number of carbonyl (C=O) groups excluding carboxylic acids is 1. The summed E-state index contributed by atoms with van der Waals surface area (Å²) in [6, 6.07) is 0. The molecule has 1 N–H and O–H groups in total. The molecule has 0 radical (unpaired) electrons. The van der Waals surface area contributed by atoms with Crippen molar-refractivity contribution in [2.24, 2.45) is 11.8 Å². The smallest absolute Gasteiger partial charge is 0.222 e. The Labute approximate surface area is 94.2 Å². The van der Waals surface area contributed by atoms with Crippen LogP contribution < -0.4 is 5.32 Å². The van der Waals surface area contributed by atoms with Crippen LogP contribution in [0.4, 0.5) is 0 Å². The van der Waals surface area contributed by atoms with E-state index < -0.39 is 0 Å². The van der Waals surface area contributed by atoms with Gasteiger partial charge in [0.15, 0.2) is 0 Å². The molecule has 3 nitrogen and oxygen atoms in total. The van der Waals surface area contributed by atoms with Crippen LogP contribution in [0.15, 0.2) is 0 Å². The lowest BCUT2D eigenvalue weighted by molar-refractivity contribution is -0.124. The van der Waals surface area contributed by atoms with Gasteiger partial charge < -0.3 is 10.2 Å². The summed E-state index contributed by atoms with van der Waals surface area (Å²) < 4.78 is 0. The van der Waals surface area contributed by atoms with Gasteiger partial charge in [0.1, 0.15) is 0 Å². The predicted molar refractivity (Wildman–Crippen MR) is 64.8 cm³/mol. The molecule has 0 aliphatic carbocycles. The first-order valence-electron chi connectivity index (χ1n) is 5.89. The Morgan fingerprint density at radius 1 is 1.20 bits per heavy atom. The highest BCUT2D eigenvalue weighted by molar-refractivity contribution is 5.77. The molecule has 0 spiro atoms. The number of nitrogens with one attached hydrogen (secondary N) is 1. The van der Waals surface area contributed by atoms with Gasteiger partial charge >= 0.3 is 0 Å². The van der Waals surface area contributed by atoms with E-state index in [1.54, 1.807) is 0 Å². The van der Waals surface area contributed by atoms with Crippen molar-refractivity contribution < 1.29 is 4.79 Å². The monoisotopic (exact) mass is 214 g/mol. The third-order valence-corrected chi connectivity index (χ3v) is 2.41. The minimum absolute atomic E-state index is 0.0889. The molecule has 0 aliphatic heterocycles. The van der Waals surface area contributed by atoms with E-state index in [-0.39, 0.29) is 11.8 Å². The summed E-state index contributed by atoms with van der Waals surface area (Å²) in [5.41, 5.74) is 0. The molecule has 0 aliphatic rings. The summed E-state index contributed by atoms with van der Waals surface area (Å²) in [6.45, 7) is 11.1. The quantitative estimate of drug-likeness (QED) is 0.700. The molecular formula is C12H26N2O. The van der Waals surface area contributed by atoms with Crippen LogP contribution in [0.1, 0.15) is 34.1 Å². The van der Waals surface area contributed by atoms with Gasteiger partial charge in [0.05, 0.1) is 0 Å². The van der Waals surface area contributed by atoms with Crippen molar-refractivity contribution in [2.45, 2.75) is 34.1 Å².